The molecule has 0 radical (unpaired) electrons. The van der Waals surface area contributed by atoms with Gasteiger partial charge < -0.3 is 10.4 Å². The van der Waals surface area contributed by atoms with Gasteiger partial charge in [-0.3, -0.25) is 4.79 Å². The Morgan fingerprint density at radius 2 is 1.90 bits per heavy atom. The Balaban J connectivity index is 1.68. The molecule has 1 aliphatic carbocycles. The molecule has 1 amide bonds. The number of hydrogen-bond acceptors (Lipinski definition) is 2. The van der Waals surface area contributed by atoms with Crippen molar-refractivity contribution in [3.8, 4) is 0 Å². The first kappa shape index (κ1) is 16.0. The van der Waals surface area contributed by atoms with E-state index in [1.54, 1.807) is 0 Å². The highest BCUT2D eigenvalue weighted by atomic mass is 16.3. The SMILES string of the molecule is CC(CCC(=O)NC1CCC(CO)CC1)c1ccccc1. The summed E-state index contributed by atoms with van der Waals surface area (Å²) < 4.78 is 0. The molecule has 1 aromatic rings. The van der Waals surface area contributed by atoms with E-state index in [0.29, 0.717) is 24.3 Å². The number of benzene rings is 1. The lowest BCUT2D eigenvalue weighted by atomic mass is 9.86. The summed E-state index contributed by atoms with van der Waals surface area (Å²) in [6.07, 6.45) is 5.55. The molecule has 0 aliphatic heterocycles. The second-order valence-electron chi connectivity index (χ2n) is 6.32. The van der Waals surface area contributed by atoms with Crippen molar-refractivity contribution in [2.24, 2.45) is 5.92 Å². The molecule has 0 aromatic heterocycles. The zero-order valence-corrected chi connectivity index (χ0v) is 12.9. The van der Waals surface area contributed by atoms with Crippen LogP contribution >= 0.6 is 0 Å². The number of aliphatic hydroxyl groups excluding tert-OH is 1. The Hall–Kier alpha value is -1.35. The Labute approximate surface area is 127 Å². The second kappa shape index (κ2) is 8.18. The van der Waals surface area contributed by atoms with Crippen LogP contribution in [0.15, 0.2) is 30.3 Å². The third-order valence-electron chi connectivity index (χ3n) is 4.64. The summed E-state index contributed by atoms with van der Waals surface area (Å²) in [6, 6.07) is 10.7. The maximum atomic E-state index is 12.0. The van der Waals surface area contributed by atoms with Crippen molar-refractivity contribution in [3.05, 3.63) is 35.9 Å². The first-order valence-corrected chi connectivity index (χ1v) is 8.14. The zero-order valence-electron chi connectivity index (χ0n) is 12.9. The van der Waals surface area contributed by atoms with Gasteiger partial charge in [0.05, 0.1) is 0 Å². The van der Waals surface area contributed by atoms with E-state index in [0.717, 1.165) is 32.1 Å². The second-order valence-corrected chi connectivity index (χ2v) is 6.32. The number of rotatable bonds is 6. The fourth-order valence-corrected chi connectivity index (χ4v) is 3.09. The number of aliphatic hydroxyl groups is 1. The molecular formula is C18H27NO2. The standard InChI is InChI=1S/C18H27NO2/c1-14(16-5-3-2-4-6-16)7-12-18(21)19-17-10-8-15(13-20)9-11-17/h2-6,14-15,17,20H,7-13H2,1H3,(H,19,21). The normalized spacial score (nSPS) is 23.5. The van der Waals surface area contributed by atoms with Crippen molar-refractivity contribution in [2.75, 3.05) is 6.61 Å². The third-order valence-corrected chi connectivity index (χ3v) is 4.64. The Kier molecular flexibility index (Phi) is 6.24. The van der Waals surface area contributed by atoms with E-state index in [1.807, 2.05) is 18.2 Å². The largest absolute Gasteiger partial charge is 0.396 e. The molecule has 1 saturated carbocycles. The molecule has 1 fully saturated rings. The van der Waals surface area contributed by atoms with E-state index in [2.05, 4.69) is 24.4 Å². The fraction of sp³-hybridized carbons (Fsp3) is 0.611. The number of carbonyl (C=O) groups is 1. The van der Waals surface area contributed by atoms with Crippen LogP contribution in [0.5, 0.6) is 0 Å². The minimum Gasteiger partial charge on any atom is -0.396 e. The highest BCUT2D eigenvalue weighted by Gasteiger charge is 2.21. The van der Waals surface area contributed by atoms with Crippen LogP contribution in [-0.2, 0) is 4.79 Å². The lowest BCUT2D eigenvalue weighted by Crippen LogP contribution is -2.38. The van der Waals surface area contributed by atoms with Crippen LogP contribution in [0.4, 0.5) is 0 Å². The average molecular weight is 289 g/mol. The van der Waals surface area contributed by atoms with Crippen molar-refractivity contribution < 1.29 is 9.90 Å². The lowest BCUT2D eigenvalue weighted by Gasteiger charge is -2.28. The van der Waals surface area contributed by atoms with Gasteiger partial charge >= 0.3 is 0 Å². The van der Waals surface area contributed by atoms with Crippen LogP contribution in [-0.4, -0.2) is 23.7 Å². The highest BCUT2D eigenvalue weighted by Crippen LogP contribution is 2.24. The van der Waals surface area contributed by atoms with Crippen molar-refractivity contribution in [1.82, 2.24) is 5.32 Å². The summed E-state index contributed by atoms with van der Waals surface area (Å²) in [6.45, 7) is 2.46. The smallest absolute Gasteiger partial charge is 0.220 e. The van der Waals surface area contributed by atoms with Gasteiger partial charge in [-0.05, 0) is 49.5 Å². The average Bonchev–Trinajstić information content (AvgIpc) is 2.54. The van der Waals surface area contributed by atoms with Crippen LogP contribution in [0.25, 0.3) is 0 Å². The van der Waals surface area contributed by atoms with Crippen LogP contribution in [0.3, 0.4) is 0 Å². The summed E-state index contributed by atoms with van der Waals surface area (Å²) in [4.78, 5) is 12.0. The molecule has 0 spiro atoms. The summed E-state index contributed by atoms with van der Waals surface area (Å²) in [7, 11) is 0. The van der Waals surface area contributed by atoms with E-state index in [9.17, 15) is 4.79 Å². The molecule has 2 N–H and O–H groups in total. The molecule has 2 rings (SSSR count). The first-order valence-electron chi connectivity index (χ1n) is 8.14. The molecule has 0 heterocycles. The molecule has 1 aromatic carbocycles. The molecule has 116 valence electrons. The fourth-order valence-electron chi connectivity index (χ4n) is 3.09. The third kappa shape index (κ3) is 5.16. The summed E-state index contributed by atoms with van der Waals surface area (Å²) in [5.74, 6) is 1.03. The van der Waals surface area contributed by atoms with Gasteiger partial charge in [0.15, 0.2) is 0 Å². The van der Waals surface area contributed by atoms with Gasteiger partial charge in [-0.2, -0.15) is 0 Å². The summed E-state index contributed by atoms with van der Waals surface area (Å²) >= 11 is 0. The van der Waals surface area contributed by atoms with Crippen molar-refractivity contribution >= 4 is 5.91 Å². The van der Waals surface area contributed by atoms with Crippen LogP contribution in [0.1, 0.15) is 56.9 Å². The van der Waals surface area contributed by atoms with Crippen molar-refractivity contribution in [1.29, 1.82) is 0 Å². The van der Waals surface area contributed by atoms with Crippen LogP contribution < -0.4 is 5.32 Å². The summed E-state index contributed by atoms with van der Waals surface area (Å²) in [5.41, 5.74) is 1.30. The number of hydrogen-bond donors (Lipinski definition) is 2. The maximum absolute atomic E-state index is 12.0. The molecule has 0 saturated heterocycles. The van der Waals surface area contributed by atoms with Gasteiger partial charge in [-0.25, -0.2) is 0 Å². The molecule has 21 heavy (non-hydrogen) atoms. The van der Waals surface area contributed by atoms with E-state index >= 15 is 0 Å². The molecule has 1 aliphatic rings. The number of nitrogens with one attached hydrogen (secondary N) is 1. The first-order chi connectivity index (χ1) is 10.2. The number of carbonyl (C=O) groups excluding carboxylic acids is 1. The predicted molar refractivity (Wildman–Crippen MR) is 85.1 cm³/mol. The number of amides is 1. The molecule has 3 heteroatoms. The molecule has 3 nitrogen and oxygen atoms in total. The minimum atomic E-state index is 0.172. The predicted octanol–water partition coefficient (Wildman–Crippen LogP) is 3.24. The van der Waals surface area contributed by atoms with Gasteiger partial charge in [0.2, 0.25) is 5.91 Å². The van der Waals surface area contributed by atoms with E-state index in [1.165, 1.54) is 5.56 Å². The maximum Gasteiger partial charge on any atom is 0.220 e. The Morgan fingerprint density at radius 1 is 1.24 bits per heavy atom. The van der Waals surface area contributed by atoms with Crippen LogP contribution in [0.2, 0.25) is 0 Å². The monoisotopic (exact) mass is 289 g/mol. The molecule has 1 atom stereocenters. The van der Waals surface area contributed by atoms with E-state index in [4.69, 9.17) is 5.11 Å². The van der Waals surface area contributed by atoms with Crippen LogP contribution in [0, 0.1) is 5.92 Å². The van der Waals surface area contributed by atoms with Gasteiger partial charge in [0, 0.05) is 19.1 Å². The van der Waals surface area contributed by atoms with Crippen molar-refractivity contribution in [3.63, 3.8) is 0 Å². The summed E-state index contributed by atoms with van der Waals surface area (Å²) in [5, 5.41) is 12.3. The molecular weight excluding hydrogens is 262 g/mol. The van der Waals surface area contributed by atoms with E-state index in [-0.39, 0.29) is 12.5 Å². The van der Waals surface area contributed by atoms with Gasteiger partial charge in [-0.1, -0.05) is 37.3 Å². The van der Waals surface area contributed by atoms with Crippen molar-refractivity contribution in [2.45, 2.75) is 57.4 Å². The quantitative estimate of drug-likeness (QED) is 0.844. The van der Waals surface area contributed by atoms with Gasteiger partial charge in [0.1, 0.15) is 0 Å². The lowest BCUT2D eigenvalue weighted by molar-refractivity contribution is -0.122. The van der Waals surface area contributed by atoms with Gasteiger partial charge in [0.25, 0.3) is 0 Å². The molecule has 0 bridgehead atoms. The Morgan fingerprint density at radius 3 is 2.52 bits per heavy atom. The molecule has 1 unspecified atom stereocenters. The zero-order chi connectivity index (χ0) is 15.1. The Bertz CT molecular complexity index is 424. The van der Waals surface area contributed by atoms with Gasteiger partial charge in [-0.15, -0.1) is 0 Å². The minimum absolute atomic E-state index is 0.172. The topological polar surface area (TPSA) is 49.3 Å². The van der Waals surface area contributed by atoms with E-state index < -0.39 is 0 Å². The highest BCUT2D eigenvalue weighted by molar-refractivity contribution is 5.76.